The summed E-state index contributed by atoms with van der Waals surface area (Å²) < 4.78 is 0. The molecule has 6 heteroatoms. The van der Waals surface area contributed by atoms with Gasteiger partial charge in [0.25, 0.3) is 5.91 Å². The SMILES string of the molecule is Nc1cn[nH]c1C(=O)N(CCCO)C1CCC1. The van der Waals surface area contributed by atoms with Crippen LogP contribution in [0.5, 0.6) is 0 Å². The fraction of sp³-hybridized carbons (Fsp3) is 0.636. The molecule has 94 valence electrons. The standard InChI is InChI=1S/C11H18N4O2/c12-9-7-13-14-10(9)11(17)15(5-2-6-16)8-3-1-4-8/h7-8,16H,1-6,12H2,(H,13,14). The van der Waals surface area contributed by atoms with Gasteiger partial charge in [-0.15, -0.1) is 0 Å². The van der Waals surface area contributed by atoms with Gasteiger partial charge >= 0.3 is 0 Å². The van der Waals surface area contributed by atoms with Crippen LogP contribution in [-0.2, 0) is 0 Å². The minimum atomic E-state index is -0.113. The van der Waals surface area contributed by atoms with Gasteiger partial charge in [-0.1, -0.05) is 0 Å². The number of carbonyl (C=O) groups excluding carboxylic acids is 1. The number of nitrogens with two attached hydrogens (primary N) is 1. The topological polar surface area (TPSA) is 95.2 Å². The summed E-state index contributed by atoms with van der Waals surface area (Å²) in [5.41, 5.74) is 6.41. The van der Waals surface area contributed by atoms with Crippen LogP contribution < -0.4 is 5.73 Å². The highest BCUT2D eigenvalue weighted by molar-refractivity contribution is 5.97. The van der Waals surface area contributed by atoms with Gasteiger partial charge < -0.3 is 15.7 Å². The van der Waals surface area contributed by atoms with E-state index in [2.05, 4.69) is 10.2 Å². The number of aliphatic hydroxyl groups is 1. The molecule has 1 heterocycles. The Kier molecular flexibility index (Phi) is 3.63. The number of nitrogens with zero attached hydrogens (tertiary/aromatic N) is 2. The zero-order chi connectivity index (χ0) is 12.3. The maximum Gasteiger partial charge on any atom is 0.274 e. The molecule has 1 aromatic heterocycles. The van der Waals surface area contributed by atoms with Crippen molar-refractivity contribution in [3.63, 3.8) is 0 Å². The largest absolute Gasteiger partial charge is 0.396 e. The number of nitrogens with one attached hydrogen (secondary N) is 1. The number of aromatic nitrogens is 2. The van der Waals surface area contributed by atoms with Crippen LogP contribution in [0, 0.1) is 0 Å². The number of aromatic amines is 1. The second kappa shape index (κ2) is 5.18. The van der Waals surface area contributed by atoms with Crippen molar-refractivity contribution in [2.24, 2.45) is 0 Å². The molecule has 1 aliphatic rings. The van der Waals surface area contributed by atoms with E-state index < -0.39 is 0 Å². The highest BCUT2D eigenvalue weighted by Gasteiger charge is 2.30. The van der Waals surface area contributed by atoms with E-state index in [9.17, 15) is 4.79 Å². The van der Waals surface area contributed by atoms with Gasteiger partial charge in [0, 0.05) is 19.2 Å². The molecule has 1 saturated carbocycles. The molecule has 0 bridgehead atoms. The Labute approximate surface area is 99.8 Å². The number of carbonyl (C=O) groups is 1. The first-order valence-corrected chi connectivity index (χ1v) is 5.94. The van der Waals surface area contributed by atoms with E-state index >= 15 is 0 Å². The molecule has 17 heavy (non-hydrogen) atoms. The van der Waals surface area contributed by atoms with Crippen molar-refractivity contribution >= 4 is 11.6 Å². The molecule has 4 N–H and O–H groups in total. The van der Waals surface area contributed by atoms with E-state index in [-0.39, 0.29) is 18.6 Å². The fourth-order valence-electron chi connectivity index (χ4n) is 2.00. The summed E-state index contributed by atoms with van der Waals surface area (Å²) in [5, 5.41) is 15.3. The number of nitrogen functional groups attached to an aromatic ring is 1. The lowest BCUT2D eigenvalue weighted by molar-refractivity contribution is 0.0557. The van der Waals surface area contributed by atoms with Crippen LogP contribution >= 0.6 is 0 Å². The molecule has 0 saturated heterocycles. The number of hydrogen-bond acceptors (Lipinski definition) is 4. The molecule has 0 unspecified atom stereocenters. The lowest BCUT2D eigenvalue weighted by Crippen LogP contribution is -2.45. The highest BCUT2D eigenvalue weighted by Crippen LogP contribution is 2.26. The summed E-state index contributed by atoms with van der Waals surface area (Å²) in [6.45, 7) is 0.660. The van der Waals surface area contributed by atoms with Gasteiger partial charge in [0.15, 0.2) is 0 Å². The van der Waals surface area contributed by atoms with Crippen LogP contribution in [0.1, 0.15) is 36.2 Å². The molecule has 1 fully saturated rings. The van der Waals surface area contributed by atoms with Crippen LogP contribution in [0.15, 0.2) is 6.20 Å². The molecule has 0 spiro atoms. The molecule has 0 atom stereocenters. The Morgan fingerprint density at radius 3 is 2.88 bits per heavy atom. The first kappa shape index (κ1) is 11.9. The van der Waals surface area contributed by atoms with Crippen molar-refractivity contribution in [3.05, 3.63) is 11.9 Å². The monoisotopic (exact) mass is 238 g/mol. The quantitative estimate of drug-likeness (QED) is 0.690. The summed E-state index contributed by atoms with van der Waals surface area (Å²) in [6, 6.07) is 0.289. The predicted octanol–water partition coefficient (Wildman–Crippen LogP) is 0.369. The van der Waals surface area contributed by atoms with E-state index in [0.29, 0.717) is 24.3 Å². The van der Waals surface area contributed by atoms with Crippen LogP contribution in [0.4, 0.5) is 5.69 Å². The zero-order valence-corrected chi connectivity index (χ0v) is 9.72. The van der Waals surface area contributed by atoms with Crippen LogP contribution in [-0.4, -0.2) is 45.3 Å². The lowest BCUT2D eigenvalue weighted by Gasteiger charge is -2.37. The Hall–Kier alpha value is -1.56. The Balaban J connectivity index is 2.09. The molecular formula is C11H18N4O2. The number of anilines is 1. The van der Waals surface area contributed by atoms with E-state index in [4.69, 9.17) is 10.8 Å². The number of rotatable bonds is 5. The van der Waals surface area contributed by atoms with Crippen LogP contribution in [0.2, 0.25) is 0 Å². The van der Waals surface area contributed by atoms with Crippen molar-refractivity contribution in [2.45, 2.75) is 31.7 Å². The lowest BCUT2D eigenvalue weighted by atomic mass is 9.91. The molecule has 6 nitrogen and oxygen atoms in total. The van der Waals surface area contributed by atoms with Crippen molar-refractivity contribution in [3.8, 4) is 0 Å². The molecule has 0 radical (unpaired) electrons. The number of hydrogen-bond donors (Lipinski definition) is 3. The van der Waals surface area contributed by atoms with Crippen molar-refractivity contribution in [1.29, 1.82) is 0 Å². The molecule has 1 amide bonds. The second-order valence-electron chi connectivity index (χ2n) is 4.36. The van der Waals surface area contributed by atoms with Gasteiger partial charge in [-0.05, 0) is 25.7 Å². The van der Waals surface area contributed by atoms with Gasteiger partial charge in [-0.25, -0.2) is 0 Å². The molecule has 1 aromatic rings. The maximum absolute atomic E-state index is 12.3. The van der Waals surface area contributed by atoms with Gasteiger partial charge in [0.1, 0.15) is 5.69 Å². The average molecular weight is 238 g/mol. The summed E-state index contributed by atoms with van der Waals surface area (Å²) in [6.07, 6.45) is 5.26. The van der Waals surface area contributed by atoms with Crippen molar-refractivity contribution < 1.29 is 9.90 Å². The summed E-state index contributed by atoms with van der Waals surface area (Å²) in [7, 11) is 0. The third-order valence-corrected chi connectivity index (χ3v) is 3.22. The van der Waals surface area contributed by atoms with E-state index in [1.165, 1.54) is 6.20 Å². The second-order valence-corrected chi connectivity index (χ2v) is 4.36. The average Bonchev–Trinajstić information content (AvgIpc) is 2.67. The number of amides is 1. The van der Waals surface area contributed by atoms with Gasteiger partial charge in [-0.2, -0.15) is 5.10 Å². The third-order valence-electron chi connectivity index (χ3n) is 3.22. The van der Waals surface area contributed by atoms with E-state index in [1.807, 2.05) is 0 Å². The van der Waals surface area contributed by atoms with E-state index in [0.717, 1.165) is 19.3 Å². The summed E-state index contributed by atoms with van der Waals surface area (Å²) >= 11 is 0. The van der Waals surface area contributed by atoms with Crippen LogP contribution in [0.3, 0.4) is 0 Å². The molecule has 0 aliphatic heterocycles. The third kappa shape index (κ3) is 2.41. The Bertz CT molecular complexity index is 387. The molecule has 1 aliphatic carbocycles. The number of aliphatic hydroxyl groups excluding tert-OH is 1. The van der Waals surface area contributed by atoms with Gasteiger partial charge in [0.05, 0.1) is 11.9 Å². The Morgan fingerprint density at radius 1 is 1.65 bits per heavy atom. The first-order valence-electron chi connectivity index (χ1n) is 5.94. The number of H-pyrrole nitrogens is 1. The predicted molar refractivity (Wildman–Crippen MR) is 63.4 cm³/mol. The highest BCUT2D eigenvalue weighted by atomic mass is 16.3. The fourth-order valence-corrected chi connectivity index (χ4v) is 2.00. The molecule has 0 aromatic carbocycles. The first-order chi connectivity index (χ1) is 8.24. The Morgan fingerprint density at radius 2 is 2.41 bits per heavy atom. The maximum atomic E-state index is 12.3. The van der Waals surface area contributed by atoms with Gasteiger partial charge in [0.2, 0.25) is 0 Å². The zero-order valence-electron chi connectivity index (χ0n) is 9.72. The van der Waals surface area contributed by atoms with Gasteiger partial charge in [-0.3, -0.25) is 9.89 Å². The minimum Gasteiger partial charge on any atom is -0.396 e. The molecule has 2 rings (SSSR count). The van der Waals surface area contributed by atoms with E-state index in [1.54, 1.807) is 4.90 Å². The summed E-state index contributed by atoms with van der Waals surface area (Å²) in [4.78, 5) is 14.1. The summed E-state index contributed by atoms with van der Waals surface area (Å²) in [5.74, 6) is -0.113. The minimum absolute atomic E-state index is 0.0922. The van der Waals surface area contributed by atoms with Crippen LogP contribution in [0.25, 0.3) is 0 Å². The molecular weight excluding hydrogens is 220 g/mol. The van der Waals surface area contributed by atoms with Crippen molar-refractivity contribution in [1.82, 2.24) is 15.1 Å². The smallest absolute Gasteiger partial charge is 0.274 e. The van der Waals surface area contributed by atoms with Crippen molar-refractivity contribution in [2.75, 3.05) is 18.9 Å². The normalized spacial score (nSPS) is 15.6.